The van der Waals surface area contributed by atoms with Gasteiger partial charge in [-0.3, -0.25) is 0 Å². The Morgan fingerprint density at radius 3 is 1.83 bits per heavy atom. The Morgan fingerprint density at radius 1 is 1.00 bits per heavy atom. The summed E-state index contributed by atoms with van der Waals surface area (Å²) in [7, 11) is 0. The van der Waals surface area contributed by atoms with Gasteiger partial charge in [0.1, 0.15) is 0 Å². The lowest BCUT2D eigenvalue weighted by atomic mass is 9.88. The van der Waals surface area contributed by atoms with Crippen molar-refractivity contribution in [3.8, 4) is 0 Å². The molecule has 2 nitrogen and oxygen atoms in total. The van der Waals surface area contributed by atoms with Crippen LogP contribution in [0.25, 0.3) is 0 Å². The van der Waals surface area contributed by atoms with Crippen LogP contribution in [0.2, 0.25) is 0 Å². The van der Waals surface area contributed by atoms with Crippen LogP contribution in [0.1, 0.15) is 11.1 Å². The maximum absolute atomic E-state index is 12.6. The van der Waals surface area contributed by atoms with Gasteiger partial charge in [-0.15, -0.1) is 0 Å². The highest BCUT2D eigenvalue weighted by atomic mass is 19.4. The van der Waals surface area contributed by atoms with Gasteiger partial charge in [0.05, 0.1) is 0 Å². The van der Waals surface area contributed by atoms with Gasteiger partial charge in [-0.2, -0.15) is 26.3 Å². The molecule has 0 amide bonds. The molecular weight excluding hydrogens is 264 g/mol. The molecule has 1 rings (SSSR count). The molecule has 102 valence electrons. The van der Waals surface area contributed by atoms with E-state index < -0.39 is 23.5 Å². The highest BCUT2D eigenvalue weighted by molar-refractivity contribution is 5.47. The van der Waals surface area contributed by atoms with Crippen LogP contribution in [0.4, 0.5) is 32.0 Å². The van der Waals surface area contributed by atoms with E-state index in [9.17, 15) is 26.3 Å². The van der Waals surface area contributed by atoms with Gasteiger partial charge in [-0.25, -0.2) is 0 Å². The number of halogens is 6. The summed E-state index contributed by atoms with van der Waals surface area (Å²) >= 11 is 0. The summed E-state index contributed by atoms with van der Waals surface area (Å²) in [6.45, 7) is 1.03. The molecule has 18 heavy (non-hydrogen) atoms. The van der Waals surface area contributed by atoms with Crippen molar-refractivity contribution < 1.29 is 31.4 Å². The van der Waals surface area contributed by atoms with E-state index in [0.29, 0.717) is 6.07 Å². The van der Waals surface area contributed by atoms with Gasteiger partial charge < -0.3 is 10.8 Å². The fourth-order valence-electron chi connectivity index (χ4n) is 1.50. The van der Waals surface area contributed by atoms with Crippen LogP contribution in [-0.2, 0) is 5.60 Å². The Bertz CT molecular complexity index is 437. The number of hydrogen-bond acceptors (Lipinski definition) is 2. The van der Waals surface area contributed by atoms with Crippen LogP contribution in [0, 0.1) is 6.92 Å². The molecular formula is C10H9F6NO. The number of aryl methyl sites for hydroxylation is 1. The van der Waals surface area contributed by atoms with Crippen LogP contribution in [0.15, 0.2) is 18.2 Å². The van der Waals surface area contributed by atoms with E-state index >= 15 is 0 Å². The van der Waals surface area contributed by atoms with Crippen molar-refractivity contribution in [2.24, 2.45) is 0 Å². The molecule has 0 aliphatic rings. The third kappa shape index (κ3) is 2.12. The van der Waals surface area contributed by atoms with E-state index in [1.54, 1.807) is 0 Å². The first kappa shape index (κ1) is 14.6. The van der Waals surface area contributed by atoms with Crippen molar-refractivity contribution >= 4 is 5.69 Å². The Morgan fingerprint density at radius 2 is 1.44 bits per heavy atom. The van der Waals surface area contributed by atoms with E-state index in [1.165, 1.54) is 0 Å². The Hall–Kier alpha value is -1.44. The molecule has 1 aromatic rings. The van der Waals surface area contributed by atoms with Crippen LogP contribution in [0.3, 0.4) is 0 Å². The summed E-state index contributed by atoms with van der Waals surface area (Å²) in [6, 6.07) is 2.59. The second kappa shape index (κ2) is 4.04. The highest BCUT2D eigenvalue weighted by Gasteiger charge is 2.71. The number of nitrogens with two attached hydrogens (primary N) is 1. The number of alkyl halides is 6. The third-order valence-electron chi connectivity index (χ3n) is 2.47. The first-order valence-corrected chi connectivity index (χ1v) is 4.63. The fourth-order valence-corrected chi connectivity index (χ4v) is 1.50. The molecule has 1 aromatic carbocycles. The zero-order valence-electron chi connectivity index (χ0n) is 9.02. The van der Waals surface area contributed by atoms with Crippen molar-refractivity contribution in [3.63, 3.8) is 0 Å². The second-order valence-corrected chi connectivity index (χ2v) is 3.78. The zero-order chi connectivity index (χ0) is 14.4. The summed E-state index contributed by atoms with van der Waals surface area (Å²) in [6.07, 6.45) is -11.8. The molecule has 0 aromatic heterocycles. The standard InChI is InChI=1S/C10H9F6NO/c1-5-2-3-6(17)4-7(5)8(18,9(11,12)13)10(14,15)16/h2-4,18H,17H2,1H3. The smallest absolute Gasteiger partial charge is 0.399 e. The average molecular weight is 273 g/mol. The van der Waals surface area contributed by atoms with E-state index in [1.807, 2.05) is 0 Å². The van der Waals surface area contributed by atoms with Gasteiger partial charge >= 0.3 is 12.4 Å². The predicted octanol–water partition coefficient (Wildman–Crippen LogP) is 2.89. The molecule has 0 spiro atoms. The van der Waals surface area contributed by atoms with Crippen molar-refractivity contribution in [2.75, 3.05) is 5.73 Å². The Kier molecular flexibility index (Phi) is 3.28. The third-order valence-corrected chi connectivity index (χ3v) is 2.47. The minimum absolute atomic E-state index is 0.303. The van der Waals surface area contributed by atoms with Crippen LogP contribution in [0.5, 0.6) is 0 Å². The summed E-state index contributed by atoms with van der Waals surface area (Å²) < 4.78 is 75.5. The largest absolute Gasteiger partial charge is 0.430 e. The first-order chi connectivity index (χ1) is 7.91. The molecule has 8 heteroatoms. The van der Waals surface area contributed by atoms with Gasteiger partial charge in [-0.05, 0) is 24.6 Å². The van der Waals surface area contributed by atoms with Gasteiger partial charge in [-0.1, -0.05) is 6.07 Å². The minimum atomic E-state index is -5.90. The summed E-state index contributed by atoms with van der Waals surface area (Å²) in [5.74, 6) is 0. The van der Waals surface area contributed by atoms with Gasteiger partial charge in [0, 0.05) is 11.3 Å². The number of nitrogen functional groups attached to an aromatic ring is 1. The zero-order valence-corrected chi connectivity index (χ0v) is 9.02. The summed E-state index contributed by atoms with van der Waals surface area (Å²) in [5, 5.41) is 9.16. The van der Waals surface area contributed by atoms with E-state index in [-0.39, 0.29) is 11.3 Å². The van der Waals surface area contributed by atoms with Crippen LogP contribution >= 0.6 is 0 Å². The van der Waals surface area contributed by atoms with Crippen molar-refractivity contribution in [1.82, 2.24) is 0 Å². The van der Waals surface area contributed by atoms with Crippen molar-refractivity contribution in [3.05, 3.63) is 29.3 Å². The maximum Gasteiger partial charge on any atom is 0.430 e. The molecule has 0 atom stereocenters. The van der Waals surface area contributed by atoms with E-state index in [2.05, 4.69) is 0 Å². The molecule has 0 saturated heterocycles. The lowest BCUT2D eigenvalue weighted by Crippen LogP contribution is -2.54. The molecule has 0 saturated carbocycles. The quantitative estimate of drug-likeness (QED) is 0.610. The SMILES string of the molecule is Cc1ccc(N)cc1C(O)(C(F)(F)F)C(F)(F)F. The number of aliphatic hydroxyl groups is 1. The van der Waals surface area contributed by atoms with Gasteiger partial charge in [0.25, 0.3) is 5.60 Å². The Labute approximate surface area is 98.0 Å². The number of benzene rings is 1. The summed E-state index contributed by atoms with van der Waals surface area (Å²) in [5.41, 5.74) is -1.75. The highest BCUT2D eigenvalue weighted by Crippen LogP contribution is 2.51. The summed E-state index contributed by atoms with van der Waals surface area (Å²) in [4.78, 5) is 0. The molecule has 0 fully saturated rings. The monoisotopic (exact) mass is 273 g/mol. The maximum atomic E-state index is 12.6. The fraction of sp³-hybridized carbons (Fsp3) is 0.400. The average Bonchev–Trinajstić information content (AvgIpc) is 2.17. The first-order valence-electron chi connectivity index (χ1n) is 4.63. The lowest BCUT2D eigenvalue weighted by Gasteiger charge is -2.33. The Balaban J connectivity index is 3.61. The van der Waals surface area contributed by atoms with E-state index in [4.69, 9.17) is 10.8 Å². The molecule has 0 aliphatic carbocycles. The predicted molar refractivity (Wildman–Crippen MR) is 51.6 cm³/mol. The molecule has 0 unspecified atom stereocenters. The van der Waals surface area contributed by atoms with Gasteiger partial charge in [0.15, 0.2) is 0 Å². The van der Waals surface area contributed by atoms with Crippen molar-refractivity contribution in [2.45, 2.75) is 24.9 Å². The van der Waals surface area contributed by atoms with E-state index in [0.717, 1.165) is 19.1 Å². The van der Waals surface area contributed by atoms with Crippen LogP contribution < -0.4 is 5.73 Å². The molecule has 0 radical (unpaired) electrons. The van der Waals surface area contributed by atoms with Crippen molar-refractivity contribution in [1.29, 1.82) is 0 Å². The minimum Gasteiger partial charge on any atom is -0.399 e. The normalized spacial score (nSPS) is 13.8. The molecule has 0 heterocycles. The second-order valence-electron chi connectivity index (χ2n) is 3.78. The lowest BCUT2D eigenvalue weighted by molar-refractivity contribution is -0.376. The number of anilines is 1. The number of hydrogen-bond donors (Lipinski definition) is 2. The molecule has 0 bridgehead atoms. The molecule has 0 aliphatic heterocycles. The van der Waals surface area contributed by atoms with Gasteiger partial charge in [0.2, 0.25) is 0 Å². The molecule has 3 N–H and O–H groups in total. The van der Waals surface area contributed by atoms with Crippen LogP contribution in [-0.4, -0.2) is 17.5 Å². The number of rotatable bonds is 1. The topological polar surface area (TPSA) is 46.2 Å².